The summed E-state index contributed by atoms with van der Waals surface area (Å²) in [6.07, 6.45) is -2.83. The molecule has 68 valence electrons. The van der Waals surface area contributed by atoms with Gasteiger partial charge >= 0.3 is 0 Å². The molecular weight excluding hydrogens is 221 g/mol. The van der Waals surface area contributed by atoms with Crippen molar-refractivity contribution in [2.24, 2.45) is 0 Å². The van der Waals surface area contributed by atoms with Gasteiger partial charge in [0.05, 0.1) is 17.2 Å². The SMILES string of the molecule is N#Cc1cc(Cl)nc(Cl)c1C(F)F. The smallest absolute Gasteiger partial charge is 0.224 e. The second kappa shape index (κ2) is 3.86. The first-order chi connectivity index (χ1) is 6.06. The third-order valence-electron chi connectivity index (χ3n) is 1.32. The zero-order chi connectivity index (χ0) is 10.0. The Hall–Kier alpha value is -0.920. The first-order valence-corrected chi connectivity index (χ1v) is 3.86. The molecule has 0 saturated carbocycles. The number of hydrogen-bond acceptors (Lipinski definition) is 2. The van der Waals surface area contributed by atoms with E-state index < -0.39 is 17.1 Å². The van der Waals surface area contributed by atoms with Crippen LogP contribution in [0.25, 0.3) is 0 Å². The highest BCUT2D eigenvalue weighted by Gasteiger charge is 2.19. The molecule has 0 aliphatic carbocycles. The fourth-order valence-corrected chi connectivity index (χ4v) is 1.31. The molecule has 0 amide bonds. The normalized spacial score (nSPS) is 10.2. The fraction of sp³-hybridized carbons (Fsp3) is 0.143. The fourth-order valence-electron chi connectivity index (χ4n) is 0.794. The van der Waals surface area contributed by atoms with Crippen LogP contribution >= 0.6 is 23.2 Å². The Kier molecular flexibility index (Phi) is 3.02. The molecule has 0 atom stereocenters. The average molecular weight is 223 g/mol. The summed E-state index contributed by atoms with van der Waals surface area (Å²) >= 11 is 10.8. The van der Waals surface area contributed by atoms with Gasteiger partial charge in [-0.1, -0.05) is 23.2 Å². The van der Waals surface area contributed by atoms with Crippen molar-refractivity contribution in [1.82, 2.24) is 4.98 Å². The van der Waals surface area contributed by atoms with Crippen LogP contribution in [0, 0.1) is 11.3 Å². The minimum Gasteiger partial charge on any atom is -0.224 e. The van der Waals surface area contributed by atoms with E-state index in [4.69, 9.17) is 28.5 Å². The number of rotatable bonds is 1. The van der Waals surface area contributed by atoms with Crippen molar-refractivity contribution >= 4 is 23.2 Å². The van der Waals surface area contributed by atoms with Gasteiger partial charge in [-0.05, 0) is 6.07 Å². The van der Waals surface area contributed by atoms with Crippen LogP contribution in [0.4, 0.5) is 8.78 Å². The second-order valence-electron chi connectivity index (χ2n) is 2.11. The van der Waals surface area contributed by atoms with Gasteiger partial charge in [-0.2, -0.15) is 5.26 Å². The number of halogens is 4. The van der Waals surface area contributed by atoms with E-state index in [1.165, 1.54) is 0 Å². The first-order valence-electron chi connectivity index (χ1n) is 3.10. The molecule has 1 rings (SSSR count). The van der Waals surface area contributed by atoms with E-state index in [0.717, 1.165) is 6.07 Å². The van der Waals surface area contributed by atoms with Crippen molar-refractivity contribution in [2.45, 2.75) is 6.43 Å². The van der Waals surface area contributed by atoms with E-state index in [9.17, 15) is 8.78 Å². The number of hydrogen-bond donors (Lipinski definition) is 0. The van der Waals surface area contributed by atoms with E-state index >= 15 is 0 Å². The number of nitrogens with zero attached hydrogens (tertiary/aromatic N) is 2. The molecular formula is C7H2Cl2F2N2. The maximum Gasteiger partial charge on any atom is 0.268 e. The Labute approximate surface area is 82.7 Å². The number of nitriles is 1. The molecule has 0 saturated heterocycles. The summed E-state index contributed by atoms with van der Waals surface area (Å²) in [5.41, 5.74) is -0.825. The Morgan fingerprint density at radius 2 is 2.08 bits per heavy atom. The van der Waals surface area contributed by atoms with Crippen molar-refractivity contribution < 1.29 is 8.78 Å². The Morgan fingerprint density at radius 3 is 2.54 bits per heavy atom. The van der Waals surface area contributed by atoms with Gasteiger partial charge < -0.3 is 0 Å². The molecule has 1 aromatic rings. The molecule has 0 N–H and O–H groups in total. The van der Waals surface area contributed by atoms with Crippen LogP contribution in [0.3, 0.4) is 0 Å². The molecule has 6 heteroatoms. The summed E-state index contributed by atoms with van der Waals surface area (Å²) in [5, 5.41) is 7.98. The van der Waals surface area contributed by atoms with E-state index in [1.807, 2.05) is 0 Å². The highest BCUT2D eigenvalue weighted by molar-refractivity contribution is 6.33. The molecule has 0 bridgehead atoms. The van der Waals surface area contributed by atoms with Gasteiger partial charge in [-0.15, -0.1) is 0 Å². The first kappa shape index (κ1) is 10.2. The molecule has 1 aromatic heterocycles. The predicted octanol–water partition coefficient (Wildman–Crippen LogP) is 3.20. The summed E-state index contributed by atoms with van der Waals surface area (Å²) in [7, 11) is 0. The van der Waals surface area contributed by atoms with Crippen LogP contribution in [0.2, 0.25) is 10.3 Å². The minimum absolute atomic E-state index is 0.0778. The lowest BCUT2D eigenvalue weighted by Crippen LogP contribution is -1.95. The van der Waals surface area contributed by atoms with Gasteiger partial charge in [-0.3, -0.25) is 0 Å². The summed E-state index contributed by atoms with van der Waals surface area (Å²) in [5.74, 6) is 0. The summed E-state index contributed by atoms with van der Waals surface area (Å²) in [6.45, 7) is 0. The quantitative estimate of drug-likeness (QED) is 0.685. The predicted molar refractivity (Wildman–Crippen MR) is 43.9 cm³/mol. The van der Waals surface area contributed by atoms with E-state index in [-0.39, 0.29) is 10.7 Å². The lowest BCUT2D eigenvalue weighted by molar-refractivity contribution is 0.151. The Balaban J connectivity index is 3.41. The second-order valence-corrected chi connectivity index (χ2v) is 2.85. The molecule has 0 spiro atoms. The minimum atomic E-state index is -2.83. The summed E-state index contributed by atoms with van der Waals surface area (Å²) < 4.78 is 24.6. The highest BCUT2D eigenvalue weighted by Crippen LogP contribution is 2.30. The van der Waals surface area contributed by atoms with E-state index in [1.54, 1.807) is 6.07 Å². The molecule has 1 heterocycles. The van der Waals surface area contributed by atoms with Crippen LogP contribution in [0.15, 0.2) is 6.07 Å². The van der Waals surface area contributed by atoms with Crippen molar-refractivity contribution in [2.75, 3.05) is 0 Å². The van der Waals surface area contributed by atoms with Gasteiger partial charge in [0.15, 0.2) is 0 Å². The van der Waals surface area contributed by atoms with Gasteiger partial charge in [0.2, 0.25) is 0 Å². The topological polar surface area (TPSA) is 36.7 Å². The van der Waals surface area contributed by atoms with E-state index in [0.29, 0.717) is 0 Å². The molecule has 13 heavy (non-hydrogen) atoms. The lowest BCUT2D eigenvalue weighted by atomic mass is 10.2. The van der Waals surface area contributed by atoms with Gasteiger partial charge in [0.25, 0.3) is 6.43 Å². The van der Waals surface area contributed by atoms with E-state index in [2.05, 4.69) is 4.98 Å². The maximum atomic E-state index is 12.3. The summed E-state index contributed by atoms with van der Waals surface area (Å²) in [4.78, 5) is 3.40. The number of pyridine rings is 1. The molecule has 0 aliphatic rings. The van der Waals surface area contributed by atoms with Crippen LogP contribution in [0.5, 0.6) is 0 Å². The maximum absolute atomic E-state index is 12.3. The lowest BCUT2D eigenvalue weighted by Gasteiger charge is -2.04. The summed E-state index contributed by atoms with van der Waals surface area (Å²) in [6, 6.07) is 2.62. The van der Waals surface area contributed by atoms with Crippen molar-refractivity contribution in [3.8, 4) is 6.07 Å². The number of alkyl halides is 2. The van der Waals surface area contributed by atoms with Gasteiger partial charge in [0, 0.05) is 0 Å². The number of aromatic nitrogens is 1. The third-order valence-corrected chi connectivity index (χ3v) is 1.80. The van der Waals surface area contributed by atoms with Crippen LogP contribution in [-0.2, 0) is 0 Å². The average Bonchev–Trinajstić information content (AvgIpc) is 2.01. The highest BCUT2D eigenvalue weighted by atomic mass is 35.5. The van der Waals surface area contributed by atoms with Crippen LogP contribution in [-0.4, -0.2) is 4.98 Å². The third kappa shape index (κ3) is 2.06. The van der Waals surface area contributed by atoms with Gasteiger partial charge in [0.1, 0.15) is 10.3 Å². The monoisotopic (exact) mass is 222 g/mol. The van der Waals surface area contributed by atoms with Crippen molar-refractivity contribution in [1.29, 1.82) is 5.26 Å². The molecule has 0 aliphatic heterocycles. The Bertz CT molecular complexity index is 373. The largest absolute Gasteiger partial charge is 0.268 e. The molecule has 0 aromatic carbocycles. The molecule has 0 unspecified atom stereocenters. The van der Waals surface area contributed by atoms with Crippen LogP contribution in [0.1, 0.15) is 17.6 Å². The van der Waals surface area contributed by atoms with Crippen molar-refractivity contribution in [3.05, 3.63) is 27.5 Å². The Morgan fingerprint density at radius 1 is 1.46 bits per heavy atom. The van der Waals surface area contributed by atoms with Crippen molar-refractivity contribution in [3.63, 3.8) is 0 Å². The molecule has 2 nitrogen and oxygen atoms in total. The zero-order valence-corrected chi connectivity index (χ0v) is 7.57. The molecule has 0 radical (unpaired) electrons. The van der Waals surface area contributed by atoms with Crippen LogP contribution < -0.4 is 0 Å². The molecule has 0 fully saturated rings. The van der Waals surface area contributed by atoms with Gasteiger partial charge in [-0.25, -0.2) is 13.8 Å². The zero-order valence-electron chi connectivity index (χ0n) is 6.06. The standard InChI is InChI=1S/C7H2Cl2F2N2/c8-4-1-3(2-12)5(7(10)11)6(9)13-4/h1,7H.